The molecule has 1 rings (SSSR count). The van der Waals surface area contributed by atoms with E-state index in [1.807, 2.05) is 13.8 Å². The van der Waals surface area contributed by atoms with Crippen molar-refractivity contribution in [3.05, 3.63) is 0 Å². The van der Waals surface area contributed by atoms with Gasteiger partial charge in [-0.3, -0.25) is 4.79 Å². The van der Waals surface area contributed by atoms with Crippen molar-refractivity contribution < 1.29 is 4.79 Å². The zero-order valence-electron chi connectivity index (χ0n) is 7.18. The maximum atomic E-state index is 11.0. The second kappa shape index (κ2) is 2.81. The molecule has 0 spiro atoms. The Morgan fingerprint density at radius 2 is 2.45 bits per heavy atom. The third kappa shape index (κ3) is 1.71. The molecule has 1 amide bonds. The van der Waals surface area contributed by atoms with Gasteiger partial charge in [0, 0.05) is 12.6 Å². The van der Waals surface area contributed by atoms with Crippen molar-refractivity contribution in [3.63, 3.8) is 0 Å². The van der Waals surface area contributed by atoms with Gasteiger partial charge in [0.25, 0.3) is 0 Å². The lowest BCUT2D eigenvalue weighted by atomic mass is 9.78. The summed E-state index contributed by atoms with van der Waals surface area (Å²) < 4.78 is 0. The minimum atomic E-state index is -0.117. The number of β-lactam (4-membered cyclic amide) rings is 1. The van der Waals surface area contributed by atoms with E-state index in [-0.39, 0.29) is 17.4 Å². The molecular weight excluding hydrogens is 140 g/mol. The topological polar surface area (TPSA) is 55.1 Å². The minimum absolute atomic E-state index is 0.117. The van der Waals surface area contributed by atoms with Crippen molar-refractivity contribution in [1.82, 2.24) is 5.32 Å². The van der Waals surface area contributed by atoms with Crippen LogP contribution in [-0.2, 0) is 4.79 Å². The molecule has 3 N–H and O–H groups in total. The molecule has 0 radical (unpaired) electrons. The number of hydrogen-bond acceptors (Lipinski definition) is 2. The second-order valence-electron chi connectivity index (χ2n) is 3.76. The van der Waals surface area contributed by atoms with Crippen molar-refractivity contribution >= 4 is 5.91 Å². The van der Waals surface area contributed by atoms with Crippen LogP contribution in [0.4, 0.5) is 0 Å². The van der Waals surface area contributed by atoms with Crippen LogP contribution in [0.1, 0.15) is 26.7 Å². The normalized spacial score (nSPS) is 32.5. The first-order valence-corrected chi connectivity index (χ1v) is 4.08. The first-order chi connectivity index (χ1) is 5.04. The van der Waals surface area contributed by atoms with Crippen LogP contribution in [-0.4, -0.2) is 18.5 Å². The number of rotatable bonds is 3. The lowest BCUT2D eigenvalue weighted by molar-refractivity contribution is -0.139. The van der Waals surface area contributed by atoms with Crippen molar-refractivity contribution in [2.45, 2.75) is 32.7 Å². The van der Waals surface area contributed by atoms with E-state index in [0.29, 0.717) is 0 Å². The maximum Gasteiger partial charge on any atom is 0.227 e. The molecular formula is C8H16N2O. The summed E-state index contributed by atoms with van der Waals surface area (Å²) in [6.07, 6.45) is 1.85. The van der Waals surface area contributed by atoms with Crippen LogP contribution in [0.3, 0.4) is 0 Å². The van der Waals surface area contributed by atoms with E-state index in [2.05, 4.69) is 5.32 Å². The molecule has 2 unspecified atom stereocenters. The smallest absolute Gasteiger partial charge is 0.227 e. The van der Waals surface area contributed by atoms with Crippen molar-refractivity contribution in [1.29, 1.82) is 0 Å². The molecule has 3 nitrogen and oxygen atoms in total. The number of nitrogens with one attached hydrogen (secondary N) is 1. The number of carbonyl (C=O) groups excluding carboxylic acids is 1. The van der Waals surface area contributed by atoms with Crippen LogP contribution in [0.2, 0.25) is 0 Å². The molecule has 1 fully saturated rings. The molecule has 0 saturated carbocycles. The molecule has 64 valence electrons. The first kappa shape index (κ1) is 8.53. The average molecular weight is 156 g/mol. The third-order valence-electron chi connectivity index (χ3n) is 2.34. The zero-order chi connectivity index (χ0) is 8.48. The van der Waals surface area contributed by atoms with Gasteiger partial charge in [0.1, 0.15) is 0 Å². The monoisotopic (exact) mass is 156 g/mol. The van der Waals surface area contributed by atoms with Crippen LogP contribution < -0.4 is 11.1 Å². The molecule has 1 saturated heterocycles. The van der Waals surface area contributed by atoms with Crippen molar-refractivity contribution in [2.24, 2.45) is 11.1 Å². The molecule has 1 aliphatic heterocycles. The molecule has 2 atom stereocenters. The lowest BCUT2D eigenvalue weighted by Gasteiger charge is -2.37. The molecule has 1 heterocycles. The molecule has 3 heteroatoms. The Labute approximate surface area is 67.3 Å². The fraction of sp³-hybridized carbons (Fsp3) is 0.875. The summed E-state index contributed by atoms with van der Waals surface area (Å²) in [5.41, 5.74) is 5.47. The zero-order valence-corrected chi connectivity index (χ0v) is 7.18. The highest BCUT2D eigenvalue weighted by Gasteiger charge is 2.40. The summed E-state index contributed by atoms with van der Waals surface area (Å²) in [4.78, 5) is 11.0. The van der Waals surface area contributed by atoms with E-state index < -0.39 is 0 Å². The van der Waals surface area contributed by atoms with Crippen LogP contribution in [0.25, 0.3) is 0 Å². The Balaban J connectivity index is 2.30. The lowest BCUT2D eigenvalue weighted by Crippen LogP contribution is -2.57. The van der Waals surface area contributed by atoms with Gasteiger partial charge < -0.3 is 11.1 Å². The highest BCUT2D eigenvalue weighted by Crippen LogP contribution is 2.29. The van der Waals surface area contributed by atoms with Crippen LogP contribution >= 0.6 is 0 Å². The van der Waals surface area contributed by atoms with Gasteiger partial charge in [-0.1, -0.05) is 0 Å². The summed E-state index contributed by atoms with van der Waals surface area (Å²) in [7, 11) is 0. The summed E-state index contributed by atoms with van der Waals surface area (Å²) in [5, 5.41) is 2.74. The fourth-order valence-corrected chi connectivity index (χ4v) is 1.21. The molecule has 0 bridgehead atoms. The summed E-state index contributed by atoms with van der Waals surface area (Å²) in [5.74, 6) is 0.179. The van der Waals surface area contributed by atoms with Crippen molar-refractivity contribution in [2.75, 3.05) is 6.54 Å². The summed E-state index contributed by atoms with van der Waals surface area (Å²) in [6, 6.07) is 0.209. The van der Waals surface area contributed by atoms with Gasteiger partial charge in [-0.05, 0) is 26.7 Å². The predicted molar refractivity (Wildman–Crippen MR) is 44.0 cm³/mol. The SMILES string of the molecule is CC(N)CCC1(C)CNC1=O. The third-order valence-corrected chi connectivity index (χ3v) is 2.34. The van der Waals surface area contributed by atoms with E-state index >= 15 is 0 Å². The Bertz CT molecular complexity index is 167. The van der Waals surface area contributed by atoms with Gasteiger partial charge in [0.15, 0.2) is 0 Å². The molecule has 1 aliphatic rings. The Morgan fingerprint density at radius 1 is 1.82 bits per heavy atom. The Morgan fingerprint density at radius 3 is 2.73 bits per heavy atom. The Hall–Kier alpha value is -0.570. The van der Waals surface area contributed by atoms with Gasteiger partial charge in [-0.15, -0.1) is 0 Å². The van der Waals surface area contributed by atoms with Gasteiger partial charge in [-0.25, -0.2) is 0 Å². The van der Waals surface area contributed by atoms with Gasteiger partial charge >= 0.3 is 0 Å². The first-order valence-electron chi connectivity index (χ1n) is 4.08. The Kier molecular flexibility index (Phi) is 2.18. The van der Waals surface area contributed by atoms with E-state index in [9.17, 15) is 4.79 Å². The van der Waals surface area contributed by atoms with Gasteiger partial charge in [0.05, 0.1) is 5.41 Å². The minimum Gasteiger partial charge on any atom is -0.355 e. The average Bonchev–Trinajstić information content (AvgIpc) is 1.97. The molecule has 0 aromatic rings. The van der Waals surface area contributed by atoms with Gasteiger partial charge in [0.2, 0.25) is 5.91 Å². The standard InChI is InChI=1S/C8H16N2O/c1-6(9)3-4-8(2)5-10-7(8)11/h6H,3-5,9H2,1-2H3,(H,10,11). The van der Waals surface area contributed by atoms with Crippen LogP contribution in [0, 0.1) is 5.41 Å². The van der Waals surface area contributed by atoms with E-state index in [1.165, 1.54) is 0 Å². The summed E-state index contributed by atoms with van der Waals surface area (Å²) in [6.45, 7) is 4.78. The molecule has 11 heavy (non-hydrogen) atoms. The van der Waals surface area contributed by atoms with Gasteiger partial charge in [-0.2, -0.15) is 0 Å². The summed E-state index contributed by atoms with van der Waals surface area (Å²) >= 11 is 0. The van der Waals surface area contributed by atoms with Crippen molar-refractivity contribution in [3.8, 4) is 0 Å². The molecule has 0 aliphatic carbocycles. The van der Waals surface area contributed by atoms with Crippen LogP contribution in [0.15, 0.2) is 0 Å². The quantitative estimate of drug-likeness (QED) is 0.575. The highest BCUT2D eigenvalue weighted by molar-refractivity contribution is 5.88. The predicted octanol–water partition coefficient (Wildman–Crippen LogP) is 0.250. The second-order valence-corrected chi connectivity index (χ2v) is 3.76. The van der Waals surface area contributed by atoms with E-state index in [1.54, 1.807) is 0 Å². The van der Waals surface area contributed by atoms with E-state index in [0.717, 1.165) is 19.4 Å². The number of carbonyl (C=O) groups is 1. The number of nitrogens with two attached hydrogens (primary N) is 1. The highest BCUT2D eigenvalue weighted by atomic mass is 16.2. The van der Waals surface area contributed by atoms with E-state index in [4.69, 9.17) is 5.73 Å². The largest absolute Gasteiger partial charge is 0.355 e. The number of hydrogen-bond donors (Lipinski definition) is 2. The number of amides is 1. The molecule has 0 aromatic heterocycles. The molecule has 0 aromatic carbocycles. The fourth-order valence-electron chi connectivity index (χ4n) is 1.21. The van der Waals surface area contributed by atoms with Crippen LogP contribution in [0.5, 0.6) is 0 Å². The maximum absolute atomic E-state index is 11.0.